The van der Waals surface area contributed by atoms with Crippen molar-refractivity contribution in [1.29, 1.82) is 0 Å². The molecule has 1 aromatic carbocycles. The minimum atomic E-state index is -0.315. The van der Waals surface area contributed by atoms with Crippen LogP contribution >= 0.6 is 11.6 Å². The second kappa shape index (κ2) is 6.92. The molecule has 3 nitrogen and oxygen atoms in total. The van der Waals surface area contributed by atoms with Crippen molar-refractivity contribution in [2.75, 3.05) is 13.6 Å². The monoisotopic (exact) mass is 282 g/mol. The molecule has 0 fully saturated rings. The Kier molecular flexibility index (Phi) is 5.83. The molecule has 4 heteroatoms. The van der Waals surface area contributed by atoms with Gasteiger partial charge in [-0.1, -0.05) is 36.7 Å². The Labute approximate surface area is 120 Å². The van der Waals surface area contributed by atoms with Gasteiger partial charge in [-0.05, 0) is 38.9 Å². The van der Waals surface area contributed by atoms with Crippen LogP contribution in [-0.4, -0.2) is 25.0 Å². The topological polar surface area (TPSA) is 41.1 Å². The van der Waals surface area contributed by atoms with Crippen molar-refractivity contribution in [3.63, 3.8) is 0 Å². The normalized spacial score (nSPS) is 13.1. The number of carbonyl (C=O) groups is 1. The van der Waals surface area contributed by atoms with E-state index in [1.54, 1.807) is 0 Å². The molecular formula is C15H23ClN2O. The van der Waals surface area contributed by atoms with Crippen molar-refractivity contribution in [3.05, 3.63) is 34.9 Å². The van der Waals surface area contributed by atoms with Crippen LogP contribution in [0, 0.1) is 5.92 Å². The zero-order chi connectivity index (χ0) is 14.5. The summed E-state index contributed by atoms with van der Waals surface area (Å²) in [6.07, 6.45) is 0.713. The summed E-state index contributed by atoms with van der Waals surface area (Å²) >= 11 is 6.16. The minimum Gasteiger partial charge on any atom is -0.351 e. The number of benzene rings is 1. The van der Waals surface area contributed by atoms with E-state index >= 15 is 0 Å². The maximum atomic E-state index is 12.0. The Bertz CT molecular complexity index is 432. The van der Waals surface area contributed by atoms with Gasteiger partial charge in [0.05, 0.1) is 0 Å². The van der Waals surface area contributed by atoms with E-state index in [1.165, 1.54) is 0 Å². The summed E-state index contributed by atoms with van der Waals surface area (Å²) in [5.41, 5.74) is 0.736. The lowest BCUT2D eigenvalue weighted by Gasteiger charge is -2.28. The van der Waals surface area contributed by atoms with Gasteiger partial charge in [-0.25, -0.2) is 0 Å². The molecule has 0 aliphatic heterocycles. The van der Waals surface area contributed by atoms with Crippen LogP contribution in [0.4, 0.5) is 0 Å². The quantitative estimate of drug-likeness (QED) is 0.842. The van der Waals surface area contributed by atoms with Gasteiger partial charge in [0, 0.05) is 23.0 Å². The van der Waals surface area contributed by atoms with Gasteiger partial charge in [0.15, 0.2) is 0 Å². The molecule has 0 aliphatic carbocycles. The molecule has 0 saturated heterocycles. The fourth-order valence-corrected chi connectivity index (χ4v) is 2.22. The fraction of sp³-hybridized carbons (Fsp3) is 0.533. The molecule has 0 radical (unpaired) electrons. The molecule has 19 heavy (non-hydrogen) atoms. The van der Waals surface area contributed by atoms with Gasteiger partial charge in [0.2, 0.25) is 5.91 Å². The Morgan fingerprint density at radius 2 is 2.00 bits per heavy atom. The minimum absolute atomic E-state index is 0.0458. The van der Waals surface area contributed by atoms with E-state index in [2.05, 4.69) is 10.6 Å². The average molecular weight is 283 g/mol. The Hall–Kier alpha value is -1.06. The lowest BCUT2D eigenvalue weighted by Crippen LogP contribution is -2.48. The number of rotatable bonds is 6. The van der Waals surface area contributed by atoms with Crippen molar-refractivity contribution in [2.24, 2.45) is 5.92 Å². The molecule has 0 heterocycles. The standard InChI is InChI=1S/C15H23ClN2O/c1-11(10-17-4)14(19)18-15(2,3)9-12-7-5-6-8-13(12)16/h5-8,11,17H,9-10H2,1-4H3,(H,18,19). The second-order valence-electron chi connectivity index (χ2n) is 5.60. The third-order valence-electron chi connectivity index (χ3n) is 3.01. The second-order valence-corrected chi connectivity index (χ2v) is 6.01. The van der Waals surface area contributed by atoms with Crippen molar-refractivity contribution in [3.8, 4) is 0 Å². The molecule has 2 N–H and O–H groups in total. The first kappa shape index (κ1) is 16.0. The summed E-state index contributed by atoms with van der Waals surface area (Å²) in [4.78, 5) is 12.0. The molecular weight excluding hydrogens is 260 g/mol. The molecule has 1 amide bonds. The van der Waals surface area contributed by atoms with Gasteiger partial charge in [0.1, 0.15) is 0 Å². The number of halogens is 1. The summed E-state index contributed by atoms with van der Waals surface area (Å²) in [5.74, 6) is 0.0157. The van der Waals surface area contributed by atoms with Crippen LogP contribution < -0.4 is 10.6 Å². The Morgan fingerprint density at radius 1 is 1.37 bits per heavy atom. The smallest absolute Gasteiger partial charge is 0.224 e. The highest BCUT2D eigenvalue weighted by Crippen LogP contribution is 2.21. The molecule has 0 bridgehead atoms. The summed E-state index contributed by atoms with van der Waals surface area (Å²) in [5, 5.41) is 6.83. The molecule has 0 aromatic heterocycles. The number of carbonyl (C=O) groups excluding carboxylic acids is 1. The van der Waals surface area contributed by atoms with E-state index in [1.807, 2.05) is 52.1 Å². The molecule has 0 spiro atoms. The van der Waals surface area contributed by atoms with Crippen LogP contribution in [0.25, 0.3) is 0 Å². The van der Waals surface area contributed by atoms with Gasteiger partial charge < -0.3 is 10.6 Å². The van der Waals surface area contributed by atoms with Crippen molar-refractivity contribution < 1.29 is 4.79 Å². The summed E-state index contributed by atoms with van der Waals surface area (Å²) in [7, 11) is 1.85. The van der Waals surface area contributed by atoms with Crippen LogP contribution in [0.2, 0.25) is 5.02 Å². The molecule has 1 atom stereocenters. The number of nitrogens with one attached hydrogen (secondary N) is 2. The van der Waals surface area contributed by atoms with Gasteiger partial charge in [0.25, 0.3) is 0 Å². The van der Waals surface area contributed by atoms with Crippen molar-refractivity contribution in [2.45, 2.75) is 32.7 Å². The Morgan fingerprint density at radius 3 is 2.58 bits per heavy atom. The van der Waals surface area contributed by atoms with E-state index in [0.29, 0.717) is 13.0 Å². The summed E-state index contributed by atoms with van der Waals surface area (Å²) in [6, 6.07) is 7.74. The van der Waals surface area contributed by atoms with E-state index in [9.17, 15) is 4.79 Å². The van der Waals surface area contributed by atoms with E-state index in [4.69, 9.17) is 11.6 Å². The maximum Gasteiger partial charge on any atom is 0.224 e. The van der Waals surface area contributed by atoms with Gasteiger partial charge in [-0.3, -0.25) is 4.79 Å². The molecule has 1 unspecified atom stereocenters. The highest BCUT2D eigenvalue weighted by molar-refractivity contribution is 6.31. The first-order valence-electron chi connectivity index (χ1n) is 6.56. The fourth-order valence-electron chi connectivity index (χ4n) is 2.02. The lowest BCUT2D eigenvalue weighted by molar-refractivity contribution is -0.125. The van der Waals surface area contributed by atoms with Crippen LogP contribution in [0.15, 0.2) is 24.3 Å². The molecule has 106 valence electrons. The molecule has 1 rings (SSSR count). The van der Waals surface area contributed by atoms with Crippen molar-refractivity contribution in [1.82, 2.24) is 10.6 Å². The van der Waals surface area contributed by atoms with Crippen LogP contribution in [0.3, 0.4) is 0 Å². The van der Waals surface area contributed by atoms with E-state index in [-0.39, 0.29) is 17.4 Å². The SMILES string of the molecule is CNCC(C)C(=O)NC(C)(C)Cc1ccccc1Cl. The molecule has 0 aliphatic rings. The third-order valence-corrected chi connectivity index (χ3v) is 3.38. The van der Waals surface area contributed by atoms with Gasteiger partial charge in [-0.2, -0.15) is 0 Å². The summed E-state index contributed by atoms with van der Waals surface area (Å²) in [6.45, 7) is 6.62. The van der Waals surface area contributed by atoms with Crippen LogP contribution in [0.1, 0.15) is 26.3 Å². The highest BCUT2D eigenvalue weighted by atomic mass is 35.5. The van der Waals surface area contributed by atoms with Crippen LogP contribution in [-0.2, 0) is 11.2 Å². The maximum absolute atomic E-state index is 12.0. The Balaban J connectivity index is 2.66. The zero-order valence-electron chi connectivity index (χ0n) is 12.1. The lowest BCUT2D eigenvalue weighted by atomic mass is 9.94. The predicted octanol–water partition coefficient (Wildman–Crippen LogP) is 2.63. The highest BCUT2D eigenvalue weighted by Gasteiger charge is 2.24. The molecule has 0 saturated carbocycles. The zero-order valence-corrected chi connectivity index (χ0v) is 12.8. The first-order chi connectivity index (χ1) is 8.85. The third kappa shape index (κ3) is 5.21. The number of hydrogen-bond acceptors (Lipinski definition) is 2. The number of hydrogen-bond donors (Lipinski definition) is 2. The number of amides is 1. The largest absolute Gasteiger partial charge is 0.351 e. The first-order valence-corrected chi connectivity index (χ1v) is 6.93. The van der Waals surface area contributed by atoms with E-state index in [0.717, 1.165) is 10.6 Å². The van der Waals surface area contributed by atoms with Gasteiger partial charge >= 0.3 is 0 Å². The predicted molar refractivity (Wildman–Crippen MR) is 80.5 cm³/mol. The molecule has 1 aromatic rings. The van der Waals surface area contributed by atoms with E-state index < -0.39 is 0 Å². The van der Waals surface area contributed by atoms with Gasteiger partial charge in [-0.15, -0.1) is 0 Å². The summed E-state index contributed by atoms with van der Waals surface area (Å²) < 4.78 is 0. The average Bonchev–Trinajstić information content (AvgIpc) is 2.31. The van der Waals surface area contributed by atoms with Crippen LogP contribution in [0.5, 0.6) is 0 Å². The van der Waals surface area contributed by atoms with Crippen molar-refractivity contribution >= 4 is 17.5 Å².